The van der Waals surface area contributed by atoms with E-state index in [1.54, 1.807) is 13.2 Å². The third-order valence-corrected chi connectivity index (χ3v) is 6.26. The van der Waals surface area contributed by atoms with Gasteiger partial charge in [-0.15, -0.1) is 0 Å². The van der Waals surface area contributed by atoms with Crippen molar-refractivity contribution >= 4 is 23.2 Å². The average molecular weight is 464 g/mol. The Kier molecular flexibility index (Phi) is 8.73. The van der Waals surface area contributed by atoms with Crippen LogP contribution in [0.3, 0.4) is 0 Å². The van der Waals surface area contributed by atoms with Gasteiger partial charge >= 0.3 is 0 Å². The Bertz CT molecular complexity index is 910. The van der Waals surface area contributed by atoms with Crippen LogP contribution in [0, 0.1) is 5.82 Å². The van der Waals surface area contributed by atoms with Crippen LogP contribution >= 0.6 is 11.6 Å². The molecule has 2 aromatic rings. The summed E-state index contributed by atoms with van der Waals surface area (Å²) in [4.78, 5) is 15.2. The molecule has 0 radical (unpaired) electrons. The summed E-state index contributed by atoms with van der Waals surface area (Å²) in [6, 6.07) is 9.67. The first-order chi connectivity index (χ1) is 15.4. The zero-order chi connectivity index (χ0) is 23.1. The number of nitrogens with zero attached hydrogens (tertiary/aromatic N) is 1. The van der Waals surface area contributed by atoms with E-state index in [2.05, 4.69) is 10.2 Å². The van der Waals surface area contributed by atoms with Crippen LogP contribution < -0.4 is 15.8 Å². The number of ether oxygens (including phenoxy) is 2. The van der Waals surface area contributed by atoms with Gasteiger partial charge in [0.1, 0.15) is 11.6 Å². The number of halogens is 2. The zero-order valence-electron chi connectivity index (χ0n) is 18.6. The van der Waals surface area contributed by atoms with Gasteiger partial charge in [-0.1, -0.05) is 23.7 Å². The summed E-state index contributed by atoms with van der Waals surface area (Å²) in [5.41, 5.74) is 7.68. The molecule has 1 saturated heterocycles. The number of aryl methyl sites for hydroxylation is 1. The topological polar surface area (TPSA) is 76.8 Å². The molecular weight excluding hydrogens is 433 g/mol. The van der Waals surface area contributed by atoms with Crippen molar-refractivity contribution in [1.82, 2.24) is 10.2 Å². The summed E-state index contributed by atoms with van der Waals surface area (Å²) < 4.78 is 24.0. The fraction of sp³-hybridized carbons (Fsp3) is 0.458. The van der Waals surface area contributed by atoms with Crippen LogP contribution in [-0.2, 0) is 11.2 Å². The highest BCUT2D eigenvalue weighted by Gasteiger charge is 2.31. The average Bonchev–Trinajstić information content (AvgIpc) is 2.80. The van der Waals surface area contributed by atoms with Gasteiger partial charge in [-0.2, -0.15) is 0 Å². The summed E-state index contributed by atoms with van der Waals surface area (Å²) in [5.74, 6) is -0.0761. The summed E-state index contributed by atoms with van der Waals surface area (Å²) >= 11 is 6.10. The molecule has 1 amide bonds. The van der Waals surface area contributed by atoms with Gasteiger partial charge in [0, 0.05) is 26.3 Å². The number of amides is 1. The number of nitrogens with two attached hydrogens (primary N) is 1. The van der Waals surface area contributed by atoms with Crippen LogP contribution in [0.25, 0.3) is 0 Å². The van der Waals surface area contributed by atoms with Crippen LogP contribution in [0.1, 0.15) is 35.2 Å². The number of piperidine rings is 1. The van der Waals surface area contributed by atoms with Gasteiger partial charge in [-0.25, -0.2) is 4.39 Å². The molecule has 0 spiro atoms. The van der Waals surface area contributed by atoms with Crippen molar-refractivity contribution in [2.45, 2.75) is 37.8 Å². The third kappa shape index (κ3) is 6.34. The molecule has 1 heterocycles. The Morgan fingerprint density at radius 3 is 2.69 bits per heavy atom. The van der Waals surface area contributed by atoms with Gasteiger partial charge in [0.2, 0.25) is 0 Å². The van der Waals surface area contributed by atoms with E-state index in [4.69, 9.17) is 26.8 Å². The number of unbranched alkanes of at least 4 members (excludes halogenated alkanes) is 1. The second-order valence-electron chi connectivity index (χ2n) is 8.10. The normalized spacial score (nSPS) is 19.0. The first-order valence-corrected chi connectivity index (χ1v) is 11.2. The number of hydrogen-bond donors (Lipinski definition) is 2. The van der Waals surface area contributed by atoms with Gasteiger partial charge < -0.3 is 25.4 Å². The maximum Gasteiger partial charge on any atom is 0.255 e. The summed E-state index contributed by atoms with van der Waals surface area (Å²) in [6.45, 7) is 2.59. The molecular formula is C24H31ClFN3O3. The first kappa shape index (κ1) is 24.3. The fourth-order valence-electron chi connectivity index (χ4n) is 4.06. The van der Waals surface area contributed by atoms with Gasteiger partial charge in [-0.05, 0) is 56.0 Å². The van der Waals surface area contributed by atoms with Crippen molar-refractivity contribution in [2.24, 2.45) is 0 Å². The van der Waals surface area contributed by atoms with Crippen LogP contribution in [0.15, 0.2) is 36.4 Å². The maximum absolute atomic E-state index is 13.0. The number of benzene rings is 2. The Balaban J connectivity index is 1.49. The molecule has 0 saturated carbocycles. The molecule has 2 aromatic carbocycles. The molecule has 0 bridgehead atoms. The molecule has 1 aliphatic rings. The molecule has 3 N–H and O–H groups in total. The van der Waals surface area contributed by atoms with Gasteiger partial charge in [0.15, 0.2) is 0 Å². The van der Waals surface area contributed by atoms with Crippen LogP contribution in [-0.4, -0.2) is 56.8 Å². The number of nitrogens with one attached hydrogen (secondary N) is 1. The molecule has 174 valence electrons. The molecule has 3 rings (SSSR count). The molecule has 1 fully saturated rings. The monoisotopic (exact) mass is 463 g/mol. The number of likely N-dealkylation sites (tertiary alicyclic amines) is 1. The van der Waals surface area contributed by atoms with Crippen LogP contribution in [0.2, 0.25) is 5.02 Å². The van der Waals surface area contributed by atoms with Gasteiger partial charge in [-0.3, -0.25) is 4.79 Å². The first-order valence-electron chi connectivity index (χ1n) is 10.8. The van der Waals surface area contributed by atoms with Crippen LogP contribution in [0.5, 0.6) is 5.75 Å². The molecule has 32 heavy (non-hydrogen) atoms. The second-order valence-corrected chi connectivity index (χ2v) is 8.51. The van der Waals surface area contributed by atoms with E-state index >= 15 is 0 Å². The quantitative estimate of drug-likeness (QED) is 0.435. The van der Waals surface area contributed by atoms with E-state index in [1.807, 2.05) is 12.1 Å². The second kappa shape index (κ2) is 11.5. The summed E-state index contributed by atoms with van der Waals surface area (Å²) in [6.07, 6.45) is 3.70. The highest BCUT2D eigenvalue weighted by atomic mass is 35.5. The van der Waals surface area contributed by atoms with Crippen molar-refractivity contribution in [3.8, 4) is 5.75 Å². The van der Waals surface area contributed by atoms with E-state index in [0.717, 1.165) is 50.9 Å². The summed E-state index contributed by atoms with van der Waals surface area (Å²) in [7, 11) is 3.16. The largest absolute Gasteiger partial charge is 0.496 e. The molecule has 6 nitrogen and oxygen atoms in total. The van der Waals surface area contributed by atoms with Crippen LogP contribution in [0.4, 0.5) is 10.1 Å². The standard InChI is InChI=1S/C24H31ClFN3O3/c1-31-22-14-20(27)19(25)13-18(22)24(30)28-21-10-12-29(15-23(21)32-2)11-4-3-5-16-6-8-17(26)9-7-16/h6-9,13-14,21,23H,3-5,10-12,15,27H2,1-2H3,(H,28,30)/t21-,23+/m0/s1. The number of nitrogen functional groups attached to an aromatic ring is 1. The SMILES string of the molecule is COc1cc(N)c(Cl)cc1C(=O)N[C@H]1CCN(CCCCc2ccc(F)cc2)C[C@H]1OC. The molecule has 0 aliphatic carbocycles. The van der Waals surface area contributed by atoms with Gasteiger partial charge in [0.05, 0.1) is 35.5 Å². The predicted octanol–water partition coefficient (Wildman–Crippen LogP) is 3.91. The molecule has 2 atom stereocenters. The highest BCUT2D eigenvalue weighted by molar-refractivity contribution is 6.33. The number of carbonyl (C=O) groups excluding carboxylic acids is 1. The van der Waals surface area contributed by atoms with Crippen molar-refractivity contribution in [3.63, 3.8) is 0 Å². The van der Waals surface area contributed by atoms with E-state index in [0.29, 0.717) is 22.0 Å². The molecule has 0 unspecified atom stereocenters. The number of carbonyl (C=O) groups is 1. The van der Waals surface area contributed by atoms with E-state index in [-0.39, 0.29) is 23.9 Å². The fourth-order valence-corrected chi connectivity index (χ4v) is 4.23. The van der Waals surface area contributed by atoms with E-state index in [9.17, 15) is 9.18 Å². The lowest BCUT2D eigenvalue weighted by Crippen LogP contribution is -2.54. The smallest absolute Gasteiger partial charge is 0.255 e. The van der Waals surface area contributed by atoms with Crippen molar-refractivity contribution in [1.29, 1.82) is 0 Å². The molecule has 1 aliphatic heterocycles. The zero-order valence-corrected chi connectivity index (χ0v) is 19.3. The minimum absolute atomic E-state index is 0.107. The van der Waals surface area contributed by atoms with Crippen molar-refractivity contribution in [3.05, 3.63) is 58.4 Å². The van der Waals surface area contributed by atoms with E-state index in [1.165, 1.54) is 25.3 Å². The van der Waals surface area contributed by atoms with Crippen molar-refractivity contribution < 1.29 is 18.7 Å². The number of methoxy groups -OCH3 is 2. The lowest BCUT2D eigenvalue weighted by molar-refractivity contribution is 0.00601. The minimum atomic E-state index is -0.261. The number of anilines is 1. The van der Waals surface area contributed by atoms with Crippen molar-refractivity contribution in [2.75, 3.05) is 39.6 Å². The number of hydrogen-bond acceptors (Lipinski definition) is 5. The minimum Gasteiger partial charge on any atom is -0.496 e. The Morgan fingerprint density at radius 2 is 2.00 bits per heavy atom. The number of rotatable bonds is 9. The molecule has 8 heteroatoms. The Morgan fingerprint density at radius 1 is 1.25 bits per heavy atom. The van der Waals surface area contributed by atoms with Gasteiger partial charge in [0.25, 0.3) is 5.91 Å². The summed E-state index contributed by atoms with van der Waals surface area (Å²) in [5, 5.41) is 3.39. The third-order valence-electron chi connectivity index (χ3n) is 5.93. The highest BCUT2D eigenvalue weighted by Crippen LogP contribution is 2.29. The molecule has 0 aromatic heterocycles. The lowest BCUT2D eigenvalue weighted by atomic mass is 10.00. The Hall–Kier alpha value is -2.35. The van der Waals surface area contributed by atoms with E-state index < -0.39 is 0 Å². The predicted molar refractivity (Wildman–Crippen MR) is 125 cm³/mol. The lowest BCUT2D eigenvalue weighted by Gasteiger charge is -2.38. The Labute approximate surface area is 193 Å². The maximum atomic E-state index is 13.0.